The van der Waals surface area contributed by atoms with Gasteiger partial charge in [0.1, 0.15) is 0 Å². The van der Waals surface area contributed by atoms with E-state index in [1.54, 1.807) is 23.7 Å². The Kier molecular flexibility index (Phi) is 6.32. The van der Waals surface area contributed by atoms with Gasteiger partial charge in [0.2, 0.25) is 0 Å². The van der Waals surface area contributed by atoms with Crippen molar-refractivity contribution in [1.29, 1.82) is 0 Å². The number of pyridine rings is 1. The third-order valence-electron chi connectivity index (χ3n) is 4.75. The van der Waals surface area contributed by atoms with E-state index in [4.69, 9.17) is 0 Å². The van der Waals surface area contributed by atoms with Crippen molar-refractivity contribution < 1.29 is 0 Å². The van der Waals surface area contributed by atoms with Gasteiger partial charge in [-0.25, -0.2) is 0 Å². The highest BCUT2D eigenvalue weighted by atomic mass is 16.1. The van der Waals surface area contributed by atoms with Gasteiger partial charge >= 0.3 is 0 Å². The Balaban J connectivity index is 1.57. The normalized spacial score (nSPS) is 11.5. The van der Waals surface area contributed by atoms with Crippen LogP contribution in [0.4, 0.5) is 0 Å². The third kappa shape index (κ3) is 4.91. The maximum Gasteiger partial charge on any atom is 0.250 e. The molecule has 0 aliphatic carbocycles. The molecule has 0 unspecified atom stereocenters. The number of hydrogen-bond acceptors (Lipinski definition) is 2. The van der Waals surface area contributed by atoms with Crippen LogP contribution in [-0.2, 0) is 26.7 Å². The predicted molar refractivity (Wildman–Crippen MR) is 113 cm³/mol. The average Bonchev–Trinajstić information content (AvgIpc) is 3.10. The molecule has 146 valence electrons. The Labute approximate surface area is 165 Å². The molecule has 0 aliphatic heterocycles. The molecule has 0 spiro atoms. The van der Waals surface area contributed by atoms with E-state index in [2.05, 4.69) is 50.1 Å². The Morgan fingerprint density at radius 2 is 1.79 bits per heavy atom. The van der Waals surface area contributed by atoms with E-state index >= 15 is 0 Å². The number of benzene rings is 1. The lowest BCUT2D eigenvalue weighted by Gasteiger charge is -2.22. The first-order valence-electron chi connectivity index (χ1n) is 9.32. The number of rotatable bonds is 6. The van der Waals surface area contributed by atoms with Crippen LogP contribution < -0.4 is 10.9 Å². The maximum atomic E-state index is 11.8. The Hall–Kier alpha value is -3.28. The number of guanidine groups is 1. The van der Waals surface area contributed by atoms with Crippen LogP contribution in [0.2, 0.25) is 0 Å². The summed E-state index contributed by atoms with van der Waals surface area (Å²) in [4.78, 5) is 18.3. The highest BCUT2D eigenvalue weighted by Gasteiger charge is 2.08. The summed E-state index contributed by atoms with van der Waals surface area (Å²) in [7, 11) is 5.87. The fourth-order valence-corrected chi connectivity index (χ4v) is 3.09. The smallest absolute Gasteiger partial charge is 0.250 e. The number of hydrogen-bond donors (Lipinski definition) is 1. The summed E-state index contributed by atoms with van der Waals surface area (Å²) in [6, 6.07) is 17.7. The van der Waals surface area contributed by atoms with Crippen LogP contribution in [0.3, 0.4) is 0 Å². The largest absolute Gasteiger partial charge is 0.353 e. The molecule has 0 saturated heterocycles. The van der Waals surface area contributed by atoms with Crippen LogP contribution in [0.1, 0.15) is 16.8 Å². The van der Waals surface area contributed by atoms with Crippen molar-refractivity contribution in [2.75, 3.05) is 14.1 Å². The number of nitrogens with one attached hydrogen (secondary N) is 1. The maximum absolute atomic E-state index is 11.8. The van der Waals surface area contributed by atoms with Crippen LogP contribution >= 0.6 is 0 Å². The summed E-state index contributed by atoms with van der Waals surface area (Å²) >= 11 is 0. The van der Waals surface area contributed by atoms with Crippen molar-refractivity contribution in [2.45, 2.75) is 19.6 Å². The second-order valence-electron chi connectivity index (χ2n) is 6.85. The van der Waals surface area contributed by atoms with Gasteiger partial charge in [0.05, 0.1) is 13.1 Å². The second kappa shape index (κ2) is 9.08. The van der Waals surface area contributed by atoms with Crippen molar-refractivity contribution in [1.82, 2.24) is 19.4 Å². The second-order valence-corrected chi connectivity index (χ2v) is 6.85. The summed E-state index contributed by atoms with van der Waals surface area (Å²) in [5, 5.41) is 3.41. The first kappa shape index (κ1) is 19.5. The van der Waals surface area contributed by atoms with Gasteiger partial charge in [-0.2, -0.15) is 0 Å². The van der Waals surface area contributed by atoms with Crippen LogP contribution in [-0.4, -0.2) is 34.1 Å². The van der Waals surface area contributed by atoms with Gasteiger partial charge in [-0.3, -0.25) is 9.79 Å². The van der Waals surface area contributed by atoms with E-state index in [9.17, 15) is 4.79 Å². The zero-order chi connectivity index (χ0) is 19.9. The minimum Gasteiger partial charge on any atom is -0.353 e. The molecule has 6 nitrogen and oxygen atoms in total. The molecular weight excluding hydrogens is 350 g/mol. The van der Waals surface area contributed by atoms with Gasteiger partial charge in [-0.1, -0.05) is 30.3 Å². The summed E-state index contributed by atoms with van der Waals surface area (Å²) in [6.45, 7) is 2.05. The third-order valence-corrected chi connectivity index (χ3v) is 4.75. The summed E-state index contributed by atoms with van der Waals surface area (Å²) in [5.41, 5.74) is 3.50. The molecule has 2 heterocycles. The fourth-order valence-electron chi connectivity index (χ4n) is 3.09. The van der Waals surface area contributed by atoms with E-state index in [0.29, 0.717) is 13.1 Å². The van der Waals surface area contributed by atoms with E-state index in [1.165, 1.54) is 5.69 Å². The molecule has 0 aliphatic rings. The Morgan fingerprint density at radius 1 is 1.04 bits per heavy atom. The molecule has 0 amide bonds. The first-order chi connectivity index (χ1) is 13.6. The zero-order valence-corrected chi connectivity index (χ0v) is 16.7. The number of aromatic nitrogens is 2. The molecule has 0 saturated carbocycles. The Morgan fingerprint density at radius 3 is 2.43 bits per heavy atom. The minimum atomic E-state index is 0.0123. The van der Waals surface area contributed by atoms with Gasteiger partial charge in [-0.15, -0.1) is 0 Å². The van der Waals surface area contributed by atoms with Crippen molar-refractivity contribution >= 4 is 5.96 Å². The summed E-state index contributed by atoms with van der Waals surface area (Å²) < 4.78 is 3.81. The van der Waals surface area contributed by atoms with Crippen molar-refractivity contribution in [3.8, 4) is 0 Å². The highest BCUT2D eigenvalue weighted by molar-refractivity contribution is 5.79. The molecule has 0 fully saturated rings. The van der Waals surface area contributed by atoms with Crippen molar-refractivity contribution in [3.05, 3.63) is 94.2 Å². The van der Waals surface area contributed by atoms with E-state index in [1.807, 2.05) is 38.6 Å². The lowest BCUT2D eigenvalue weighted by Crippen LogP contribution is -2.38. The standard InChI is InChI=1S/C22H27N5O/c1-23-22(26(3)17-20-7-6-13-25(20)2)24-15-18-9-11-19(12-10-18)16-27-14-5-4-8-21(27)28/h4-14H,15-17H2,1-3H3,(H,23,24). The molecule has 28 heavy (non-hydrogen) atoms. The molecule has 0 atom stereocenters. The van der Waals surface area contributed by atoms with Gasteiger partial charge in [0, 0.05) is 51.8 Å². The Bertz CT molecular complexity index is 984. The first-order valence-corrected chi connectivity index (χ1v) is 9.32. The lowest BCUT2D eigenvalue weighted by atomic mass is 10.1. The minimum absolute atomic E-state index is 0.0123. The van der Waals surface area contributed by atoms with Crippen LogP contribution in [0, 0.1) is 0 Å². The van der Waals surface area contributed by atoms with Gasteiger partial charge < -0.3 is 19.4 Å². The summed E-state index contributed by atoms with van der Waals surface area (Å²) in [5.74, 6) is 0.848. The molecular formula is C22H27N5O. The topological polar surface area (TPSA) is 54.6 Å². The number of aliphatic imine (C=N–C) groups is 1. The van der Waals surface area contributed by atoms with Gasteiger partial charge in [0.25, 0.3) is 5.56 Å². The molecule has 0 bridgehead atoms. The highest BCUT2D eigenvalue weighted by Crippen LogP contribution is 2.07. The molecule has 3 aromatic rings. The fraction of sp³-hybridized carbons (Fsp3) is 0.273. The SMILES string of the molecule is CN=C(NCc1ccc(Cn2ccccc2=O)cc1)N(C)Cc1cccn1C. The van der Waals surface area contributed by atoms with Gasteiger partial charge in [-0.05, 0) is 29.3 Å². The molecule has 1 N–H and O–H groups in total. The summed E-state index contributed by atoms with van der Waals surface area (Å²) in [6.07, 6.45) is 3.86. The van der Waals surface area contributed by atoms with Crippen LogP contribution in [0.5, 0.6) is 0 Å². The van der Waals surface area contributed by atoms with E-state index in [-0.39, 0.29) is 5.56 Å². The monoisotopic (exact) mass is 377 g/mol. The molecule has 3 rings (SSSR count). The van der Waals surface area contributed by atoms with Crippen LogP contribution in [0.25, 0.3) is 0 Å². The van der Waals surface area contributed by atoms with Crippen molar-refractivity contribution in [3.63, 3.8) is 0 Å². The number of aryl methyl sites for hydroxylation is 1. The molecule has 2 aromatic heterocycles. The van der Waals surface area contributed by atoms with E-state index < -0.39 is 0 Å². The zero-order valence-electron chi connectivity index (χ0n) is 16.7. The average molecular weight is 377 g/mol. The van der Waals surface area contributed by atoms with E-state index in [0.717, 1.165) is 23.6 Å². The molecule has 0 radical (unpaired) electrons. The number of nitrogens with zero attached hydrogens (tertiary/aromatic N) is 4. The van der Waals surface area contributed by atoms with Crippen molar-refractivity contribution in [2.24, 2.45) is 12.0 Å². The van der Waals surface area contributed by atoms with Gasteiger partial charge in [0.15, 0.2) is 5.96 Å². The molecule has 1 aromatic carbocycles. The molecule has 6 heteroatoms. The lowest BCUT2D eigenvalue weighted by molar-refractivity contribution is 0.461. The quantitative estimate of drug-likeness (QED) is 0.530. The van der Waals surface area contributed by atoms with Crippen LogP contribution in [0.15, 0.2) is 76.8 Å². The predicted octanol–water partition coefficient (Wildman–Crippen LogP) is 2.44.